The summed E-state index contributed by atoms with van der Waals surface area (Å²) in [7, 11) is 1.26. The fourth-order valence-corrected chi connectivity index (χ4v) is 1.41. The molecule has 0 aliphatic heterocycles. The van der Waals surface area contributed by atoms with Crippen LogP contribution in [0.15, 0.2) is 6.07 Å². The Morgan fingerprint density at radius 3 is 2.73 bits per heavy atom. The first-order chi connectivity index (χ1) is 7.02. The highest BCUT2D eigenvalue weighted by Crippen LogP contribution is 2.39. The highest BCUT2D eigenvalue weighted by atomic mass is 35.5. The Morgan fingerprint density at radius 2 is 2.27 bits per heavy atom. The molecule has 1 rings (SSSR count). The summed E-state index contributed by atoms with van der Waals surface area (Å²) in [5.74, 6) is -2.32. The molecule has 5 heteroatoms. The molecule has 0 bridgehead atoms. The summed E-state index contributed by atoms with van der Waals surface area (Å²) in [6.45, 7) is 1.59. The number of halogens is 2. The SMILES string of the molecule is COc1c(C(C)C#N)cc(Cl)c(O)c1F. The van der Waals surface area contributed by atoms with E-state index in [9.17, 15) is 9.50 Å². The number of rotatable bonds is 2. The van der Waals surface area contributed by atoms with Crippen molar-refractivity contribution in [2.75, 3.05) is 7.11 Å². The van der Waals surface area contributed by atoms with E-state index in [1.165, 1.54) is 13.2 Å². The Kier molecular flexibility index (Phi) is 3.38. The van der Waals surface area contributed by atoms with Gasteiger partial charge in [0.2, 0.25) is 5.82 Å². The van der Waals surface area contributed by atoms with Gasteiger partial charge in [-0.3, -0.25) is 0 Å². The van der Waals surface area contributed by atoms with E-state index in [-0.39, 0.29) is 10.8 Å². The molecule has 1 aromatic rings. The van der Waals surface area contributed by atoms with Gasteiger partial charge in [0.25, 0.3) is 0 Å². The minimum atomic E-state index is -0.942. The first kappa shape index (κ1) is 11.6. The van der Waals surface area contributed by atoms with Gasteiger partial charge in [0.05, 0.1) is 24.1 Å². The molecule has 0 aromatic heterocycles. The van der Waals surface area contributed by atoms with Crippen LogP contribution in [-0.4, -0.2) is 12.2 Å². The van der Waals surface area contributed by atoms with E-state index in [4.69, 9.17) is 21.6 Å². The first-order valence-electron chi connectivity index (χ1n) is 4.17. The number of methoxy groups -OCH3 is 1. The lowest BCUT2D eigenvalue weighted by Gasteiger charge is -2.12. The number of benzene rings is 1. The normalized spacial score (nSPS) is 11.9. The number of aromatic hydroxyl groups is 1. The van der Waals surface area contributed by atoms with Crippen molar-refractivity contribution >= 4 is 11.6 Å². The molecule has 15 heavy (non-hydrogen) atoms. The Morgan fingerprint density at radius 1 is 1.67 bits per heavy atom. The maximum Gasteiger partial charge on any atom is 0.208 e. The van der Waals surface area contributed by atoms with Crippen molar-refractivity contribution in [1.29, 1.82) is 5.26 Å². The minimum Gasteiger partial charge on any atom is -0.504 e. The predicted molar refractivity (Wildman–Crippen MR) is 53.7 cm³/mol. The van der Waals surface area contributed by atoms with Gasteiger partial charge in [0, 0.05) is 5.56 Å². The summed E-state index contributed by atoms with van der Waals surface area (Å²) in [4.78, 5) is 0. The molecule has 0 fully saturated rings. The third kappa shape index (κ3) is 1.97. The van der Waals surface area contributed by atoms with Crippen molar-refractivity contribution in [1.82, 2.24) is 0 Å². The second-order valence-electron chi connectivity index (χ2n) is 2.99. The monoisotopic (exact) mass is 229 g/mol. The summed E-state index contributed by atoms with van der Waals surface area (Å²) in [5, 5.41) is 17.8. The largest absolute Gasteiger partial charge is 0.504 e. The second-order valence-corrected chi connectivity index (χ2v) is 3.40. The number of phenols is 1. The van der Waals surface area contributed by atoms with Crippen molar-refractivity contribution in [3.63, 3.8) is 0 Å². The molecule has 80 valence electrons. The molecule has 0 saturated heterocycles. The summed E-state index contributed by atoms with van der Waals surface area (Å²) in [5.41, 5.74) is 0.320. The van der Waals surface area contributed by atoms with Gasteiger partial charge in [-0.25, -0.2) is 0 Å². The molecule has 1 atom stereocenters. The zero-order valence-corrected chi connectivity index (χ0v) is 8.97. The van der Waals surface area contributed by atoms with E-state index >= 15 is 0 Å². The van der Waals surface area contributed by atoms with Crippen LogP contribution in [0, 0.1) is 17.1 Å². The van der Waals surface area contributed by atoms with Gasteiger partial charge in [-0.2, -0.15) is 9.65 Å². The summed E-state index contributed by atoms with van der Waals surface area (Å²) in [6.07, 6.45) is 0. The first-order valence-corrected chi connectivity index (χ1v) is 4.55. The van der Waals surface area contributed by atoms with Crippen molar-refractivity contribution in [2.45, 2.75) is 12.8 Å². The van der Waals surface area contributed by atoms with Gasteiger partial charge in [0.1, 0.15) is 0 Å². The van der Waals surface area contributed by atoms with Crippen molar-refractivity contribution in [2.24, 2.45) is 0 Å². The van der Waals surface area contributed by atoms with E-state index in [0.29, 0.717) is 5.56 Å². The number of phenolic OH excluding ortho intramolecular Hbond substituents is 1. The van der Waals surface area contributed by atoms with Gasteiger partial charge in [-0.15, -0.1) is 0 Å². The molecule has 0 spiro atoms. The molecule has 1 N–H and O–H groups in total. The lowest BCUT2D eigenvalue weighted by molar-refractivity contribution is 0.360. The molecule has 0 radical (unpaired) electrons. The predicted octanol–water partition coefficient (Wildman–Crippen LogP) is 2.82. The Bertz CT molecular complexity index is 428. The summed E-state index contributed by atoms with van der Waals surface area (Å²) >= 11 is 5.59. The zero-order valence-electron chi connectivity index (χ0n) is 8.21. The lowest BCUT2D eigenvalue weighted by atomic mass is 10.0. The van der Waals surface area contributed by atoms with Crippen LogP contribution in [0.3, 0.4) is 0 Å². The van der Waals surface area contributed by atoms with Crippen LogP contribution in [0.2, 0.25) is 5.02 Å². The third-order valence-electron chi connectivity index (χ3n) is 2.04. The second kappa shape index (κ2) is 4.37. The van der Waals surface area contributed by atoms with Crippen LogP contribution in [0.1, 0.15) is 18.4 Å². The van der Waals surface area contributed by atoms with Crippen LogP contribution >= 0.6 is 11.6 Å². The maximum atomic E-state index is 13.5. The van der Waals surface area contributed by atoms with Crippen LogP contribution in [0.25, 0.3) is 0 Å². The van der Waals surface area contributed by atoms with Crippen LogP contribution in [0.4, 0.5) is 4.39 Å². The molecule has 3 nitrogen and oxygen atoms in total. The van der Waals surface area contributed by atoms with Gasteiger partial charge in [-0.05, 0) is 13.0 Å². The number of nitriles is 1. The molecule has 0 amide bonds. The van der Waals surface area contributed by atoms with E-state index in [2.05, 4.69) is 0 Å². The topological polar surface area (TPSA) is 53.2 Å². The zero-order chi connectivity index (χ0) is 11.6. The van der Waals surface area contributed by atoms with E-state index in [1.807, 2.05) is 6.07 Å². The Hall–Kier alpha value is -1.47. The maximum absolute atomic E-state index is 13.5. The van der Waals surface area contributed by atoms with Crippen molar-refractivity contribution in [3.8, 4) is 17.6 Å². The van der Waals surface area contributed by atoms with Crippen LogP contribution < -0.4 is 4.74 Å². The van der Waals surface area contributed by atoms with Gasteiger partial charge in [-0.1, -0.05) is 11.6 Å². The van der Waals surface area contributed by atoms with Crippen molar-refractivity contribution < 1.29 is 14.2 Å². The quantitative estimate of drug-likeness (QED) is 0.849. The average Bonchev–Trinajstić information content (AvgIpc) is 2.24. The molecule has 0 saturated carbocycles. The molecule has 0 aliphatic carbocycles. The molecule has 1 aromatic carbocycles. The van der Waals surface area contributed by atoms with E-state index < -0.39 is 17.5 Å². The minimum absolute atomic E-state index is 0.134. The molecular formula is C10H9ClFNO2. The van der Waals surface area contributed by atoms with Gasteiger partial charge >= 0.3 is 0 Å². The van der Waals surface area contributed by atoms with Gasteiger partial charge in [0.15, 0.2) is 11.5 Å². The van der Waals surface area contributed by atoms with Crippen LogP contribution in [-0.2, 0) is 0 Å². The molecule has 1 unspecified atom stereocenters. The number of ether oxygens (including phenoxy) is 1. The van der Waals surface area contributed by atoms with Crippen molar-refractivity contribution in [3.05, 3.63) is 22.5 Å². The standard InChI is InChI=1S/C10H9ClFNO2/c1-5(4-13)6-3-7(11)9(14)8(12)10(6)15-2/h3,5,14H,1-2H3. The fraction of sp³-hybridized carbons (Fsp3) is 0.300. The molecular weight excluding hydrogens is 221 g/mol. The van der Waals surface area contributed by atoms with E-state index in [1.54, 1.807) is 6.92 Å². The average molecular weight is 230 g/mol. The lowest BCUT2D eigenvalue weighted by Crippen LogP contribution is -1.99. The smallest absolute Gasteiger partial charge is 0.208 e. The van der Waals surface area contributed by atoms with Crippen LogP contribution in [0.5, 0.6) is 11.5 Å². The van der Waals surface area contributed by atoms with Gasteiger partial charge < -0.3 is 9.84 Å². The molecule has 0 heterocycles. The highest BCUT2D eigenvalue weighted by Gasteiger charge is 2.20. The molecule has 0 aliphatic rings. The highest BCUT2D eigenvalue weighted by molar-refractivity contribution is 6.32. The van der Waals surface area contributed by atoms with E-state index in [0.717, 1.165) is 0 Å². The summed E-state index contributed by atoms with van der Waals surface area (Å²) < 4.78 is 18.2. The number of nitrogens with zero attached hydrogens (tertiary/aromatic N) is 1. The number of hydrogen-bond donors (Lipinski definition) is 1. The summed E-state index contributed by atoms with van der Waals surface area (Å²) in [6, 6.07) is 3.27. The fourth-order valence-electron chi connectivity index (χ4n) is 1.21. The third-order valence-corrected chi connectivity index (χ3v) is 2.33. The number of hydrogen-bond acceptors (Lipinski definition) is 3. The Labute approximate surface area is 91.7 Å². The Balaban J connectivity index is 3.46.